The molecule has 0 spiro atoms. The molecule has 0 aromatic rings. The normalized spacial score (nSPS) is 18.2. The maximum atomic E-state index is 11.8. The van der Waals surface area contributed by atoms with Crippen LogP contribution in [0.2, 0.25) is 0 Å². The van der Waals surface area contributed by atoms with Gasteiger partial charge in [0.2, 0.25) is 5.91 Å². The second kappa shape index (κ2) is 8.79. The quantitative estimate of drug-likeness (QED) is 0.662. The van der Waals surface area contributed by atoms with Gasteiger partial charge in [0.1, 0.15) is 0 Å². The fraction of sp³-hybridized carbons (Fsp3) is 0.929. The van der Waals surface area contributed by atoms with Gasteiger partial charge in [0.05, 0.1) is 0 Å². The number of rotatable bonds is 8. The standard InChI is InChI=1S/C14H26ClNO/c1-2-5-13(8-9-15)11-16-14(17)10-12-6-3-4-7-12/h12-13H,2-11H2,1H3,(H,16,17). The molecule has 0 saturated heterocycles. The summed E-state index contributed by atoms with van der Waals surface area (Å²) in [6.45, 7) is 2.99. The number of halogens is 1. The van der Waals surface area contributed by atoms with E-state index in [-0.39, 0.29) is 5.91 Å². The minimum absolute atomic E-state index is 0.243. The van der Waals surface area contributed by atoms with Crippen LogP contribution in [0.25, 0.3) is 0 Å². The van der Waals surface area contributed by atoms with E-state index in [1.165, 1.54) is 32.1 Å². The summed E-state index contributed by atoms with van der Waals surface area (Å²) in [5.41, 5.74) is 0. The topological polar surface area (TPSA) is 29.1 Å². The highest BCUT2D eigenvalue weighted by molar-refractivity contribution is 6.17. The summed E-state index contributed by atoms with van der Waals surface area (Å²) < 4.78 is 0. The largest absolute Gasteiger partial charge is 0.356 e. The van der Waals surface area contributed by atoms with Gasteiger partial charge in [-0.2, -0.15) is 0 Å². The molecule has 0 heterocycles. The fourth-order valence-electron chi connectivity index (χ4n) is 2.72. The predicted molar refractivity (Wildman–Crippen MR) is 73.3 cm³/mol. The number of hydrogen-bond donors (Lipinski definition) is 1. The van der Waals surface area contributed by atoms with Crippen molar-refractivity contribution in [2.24, 2.45) is 11.8 Å². The highest BCUT2D eigenvalue weighted by Crippen LogP contribution is 2.27. The van der Waals surface area contributed by atoms with Crippen molar-refractivity contribution in [3.8, 4) is 0 Å². The summed E-state index contributed by atoms with van der Waals surface area (Å²) in [5, 5.41) is 3.08. The Bertz CT molecular complexity index is 208. The van der Waals surface area contributed by atoms with Crippen molar-refractivity contribution in [2.75, 3.05) is 12.4 Å². The maximum Gasteiger partial charge on any atom is 0.220 e. The maximum absolute atomic E-state index is 11.8. The van der Waals surface area contributed by atoms with Gasteiger partial charge in [-0.25, -0.2) is 0 Å². The van der Waals surface area contributed by atoms with Crippen molar-refractivity contribution in [2.45, 2.75) is 58.3 Å². The number of carbonyl (C=O) groups excluding carboxylic acids is 1. The van der Waals surface area contributed by atoms with Crippen LogP contribution in [0.5, 0.6) is 0 Å². The first-order valence-electron chi connectivity index (χ1n) is 7.09. The van der Waals surface area contributed by atoms with Crippen molar-refractivity contribution in [3.63, 3.8) is 0 Å². The van der Waals surface area contributed by atoms with E-state index in [0.717, 1.165) is 25.8 Å². The van der Waals surface area contributed by atoms with Gasteiger partial charge in [-0.3, -0.25) is 4.79 Å². The van der Waals surface area contributed by atoms with E-state index in [1.54, 1.807) is 0 Å². The molecule has 1 amide bonds. The molecule has 1 atom stereocenters. The molecule has 0 aliphatic heterocycles. The third-order valence-corrected chi connectivity index (χ3v) is 3.97. The van der Waals surface area contributed by atoms with Crippen LogP contribution in [0, 0.1) is 11.8 Å². The molecule has 17 heavy (non-hydrogen) atoms. The molecule has 1 aliphatic rings. The third-order valence-electron chi connectivity index (χ3n) is 3.75. The lowest BCUT2D eigenvalue weighted by Gasteiger charge is -2.16. The van der Waals surface area contributed by atoms with E-state index in [4.69, 9.17) is 11.6 Å². The molecule has 0 bridgehead atoms. The fourth-order valence-corrected chi connectivity index (χ4v) is 3.03. The molecule has 3 heteroatoms. The van der Waals surface area contributed by atoms with E-state index in [1.807, 2.05) is 0 Å². The van der Waals surface area contributed by atoms with Crippen LogP contribution < -0.4 is 5.32 Å². The second-order valence-electron chi connectivity index (χ2n) is 5.29. The zero-order chi connectivity index (χ0) is 12.5. The average molecular weight is 260 g/mol. The number of alkyl halides is 1. The Balaban J connectivity index is 2.15. The molecule has 1 aliphatic carbocycles. The van der Waals surface area contributed by atoms with Crippen LogP contribution in [0.3, 0.4) is 0 Å². The van der Waals surface area contributed by atoms with Crippen LogP contribution in [-0.2, 0) is 4.79 Å². The SMILES string of the molecule is CCCC(CCCl)CNC(=O)CC1CCCC1. The molecule has 2 nitrogen and oxygen atoms in total. The number of amides is 1. The summed E-state index contributed by atoms with van der Waals surface area (Å²) in [6, 6.07) is 0. The predicted octanol–water partition coefficient (Wildman–Crippen LogP) is 3.73. The minimum atomic E-state index is 0.243. The van der Waals surface area contributed by atoms with Crippen LogP contribution in [0.1, 0.15) is 58.3 Å². The molecular formula is C14H26ClNO. The lowest BCUT2D eigenvalue weighted by molar-refractivity contribution is -0.122. The summed E-state index contributed by atoms with van der Waals surface area (Å²) in [5.74, 6) is 2.15. The van der Waals surface area contributed by atoms with E-state index >= 15 is 0 Å². The average Bonchev–Trinajstić information content (AvgIpc) is 2.79. The highest BCUT2D eigenvalue weighted by Gasteiger charge is 2.18. The smallest absolute Gasteiger partial charge is 0.220 e. The van der Waals surface area contributed by atoms with Gasteiger partial charge in [0.25, 0.3) is 0 Å². The first-order chi connectivity index (χ1) is 8.26. The monoisotopic (exact) mass is 259 g/mol. The Labute approximate surface area is 110 Å². The van der Waals surface area contributed by atoms with Gasteiger partial charge < -0.3 is 5.32 Å². The van der Waals surface area contributed by atoms with Gasteiger partial charge >= 0.3 is 0 Å². The molecular weight excluding hydrogens is 234 g/mol. The Hall–Kier alpha value is -0.240. The summed E-state index contributed by atoms with van der Waals surface area (Å²) >= 11 is 5.77. The molecule has 1 rings (SSSR count). The molecule has 1 unspecified atom stereocenters. The van der Waals surface area contributed by atoms with Gasteiger partial charge in [0, 0.05) is 18.8 Å². The van der Waals surface area contributed by atoms with Crippen molar-refractivity contribution in [1.29, 1.82) is 0 Å². The van der Waals surface area contributed by atoms with E-state index in [9.17, 15) is 4.79 Å². The molecule has 0 radical (unpaired) electrons. The lowest BCUT2D eigenvalue weighted by Crippen LogP contribution is -2.30. The van der Waals surface area contributed by atoms with E-state index < -0.39 is 0 Å². The first-order valence-corrected chi connectivity index (χ1v) is 7.62. The van der Waals surface area contributed by atoms with E-state index in [0.29, 0.717) is 17.7 Å². The van der Waals surface area contributed by atoms with Crippen LogP contribution in [-0.4, -0.2) is 18.3 Å². The minimum Gasteiger partial charge on any atom is -0.356 e. The Morgan fingerprint density at radius 2 is 2.06 bits per heavy atom. The van der Waals surface area contributed by atoms with Crippen LogP contribution in [0.15, 0.2) is 0 Å². The number of nitrogens with one attached hydrogen (secondary N) is 1. The zero-order valence-corrected chi connectivity index (χ0v) is 11.8. The van der Waals surface area contributed by atoms with Crippen LogP contribution >= 0.6 is 11.6 Å². The molecule has 1 fully saturated rings. The number of carbonyl (C=O) groups is 1. The van der Waals surface area contributed by atoms with Crippen molar-refractivity contribution < 1.29 is 4.79 Å². The van der Waals surface area contributed by atoms with Gasteiger partial charge in [0.15, 0.2) is 0 Å². The molecule has 100 valence electrons. The Morgan fingerprint density at radius 1 is 1.35 bits per heavy atom. The molecule has 1 N–H and O–H groups in total. The lowest BCUT2D eigenvalue weighted by atomic mass is 10.00. The van der Waals surface area contributed by atoms with Crippen molar-refractivity contribution >= 4 is 17.5 Å². The summed E-state index contributed by atoms with van der Waals surface area (Å²) in [7, 11) is 0. The number of hydrogen-bond acceptors (Lipinski definition) is 1. The van der Waals surface area contributed by atoms with Gasteiger partial charge in [-0.05, 0) is 37.5 Å². The van der Waals surface area contributed by atoms with Crippen molar-refractivity contribution in [3.05, 3.63) is 0 Å². The van der Waals surface area contributed by atoms with Gasteiger partial charge in [-0.15, -0.1) is 11.6 Å². The summed E-state index contributed by atoms with van der Waals surface area (Å²) in [6.07, 6.45) is 9.18. The summed E-state index contributed by atoms with van der Waals surface area (Å²) in [4.78, 5) is 11.8. The molecule has 0 aromatic carbocycles. The van der Waals surface area contributed by atoms with E-state index in [2.05, 4.69) is 12.2 Å². The highest BCUT2D eigenvalue weighted by atomic mass is 35.5. The Morgan fingerprint density at radius 3 is 2.65 bits per heavy atom. The van der Waals surface area contributed by atoms with Gasteiger partial charge in [-0.1, -0.05) is 26.2 Å². The first kappa shape index (κ1) is 14.8. The third kappa shape index (κ3) is 6.30. The molecule has 0 aromatic heterocycles. The second-order valence-corrected chi connectivity index (χ2v) is 5.67. The van der Waals surface area contributed by atoms with Crippen LogP contribution in [0.4, 0.5) is 0 Å². The molecule has 1 saturated carbocycles. The zero-order valence-electron chi connectivity index (χ0n) is 11.0. The Kier molecular flexibility index (Phi) is 7.67. The van der Waals surface area contributed by atoms with Crippen molar-refractivity contribution in [1.82, 2.24) is 5.32 Å².